The number of hydrogen-bond acceptors (Lipinski definition) is 4. The van der Waals surface area contributed by atoms with Crippen LogP contribution in [0.4, 0.5) is 0 Å². The molecular formula is C16H18ClNO3. The number of methoxy groups -OCH3 is 2. The summed E-state index contributed by atoms with van der Waals surface area (Å²) in [6.07, 6.45) is 0. The predicted molar refractivity (Wildman–Crippen MR) is 83.8 cm³/mol. The van der Waals surface area contributed by atoms with E-state index in [0.717, 1.165) is 5.56 Å². The van der Waals surface area contributed by atoms with Crippen LogP contribution in [0.5, 0.6) is 23.0 Å². The largest absolute Gasteiger partial charge is 0.496 e. The van der Waals surface area contributed by atoms with Gasteiger partial charge in [0.05, 0.1) is 14.2 Å². The van der Waals surface area contributed by atoms with E-state index in [2.05, 4.69) is 5.32 Å². The molecule has 2 rings (SSSR count). The zero-order chi connectivity index (χ0) is 15.2. The van der Waals surface area contributed by atoms with Crippen LogP contribution in [0.3, 0.4) is 0 Å². The molecule has 2 aromatic carbocycles. The van der Waals surface area contributed by atoms with Crippen LogP contribution in [-0.2, 0) is 6.54 Å². The van der Waals surface area contributed by atoms with Gasteiger partial charge in [-0.3, -0.25) is 0 Å². The minimum absolute atomic E-state index is 0.621. The fourth-order valence-electron chi connectivity index (χ4n) is 1.95. The average molecular weight is 308 g/mol. The number of halogens is 1. The zero-order valence-electron chi connectivity index (χ0n) is 12.3. The Kier molecular flexibility index (Phi) is 5.31. The van der Waals surface area contributed by atoms with Gasteiger partial charge in [0.1, 0.15) is 23.0 Å². The molecule has 2 aromatic rings. The molecule has 0 amide bonds. The summed E-state index contributed by atoms with van der Waals surface area (Å²) in [4.78, 5) is 0. The van der Waals surface area contributed by atoms with Gasteiger partial charge in [-0.2, -0.15) is 0 Å². The summed E-state index contributed by atoms with van der Waals surface area (Å²) in [6.45, 7) is 0.621. The molecule has 0 saturated carbocycles. The number of ether oxygens (including phenoxy) is 3. The third-order valence-electron chi connectivity index (χ3n) is 2.98. The predicted octanol–water partition coefficient (Wildman–Crippen LogP) is 3.87. The van der Waals surface area contributed by atoms with E-state index in [1.54, 1.807) is 32.4 Å². The summed E-state index contributed by atoms with van der Waals surface area (Å²) in [5, 5.41) is 3.75. The number of hydrogen-bond donors (Lipinski definition) is 1. The Morgan fingerprint density at radius 1 is 1.00 bits per heavy atom. The van der Waals surface area contributed by atoms with Gasteiger partial charge in [0.15, 0.2) is 0 Å². The number of benzene rings is 2. The molecule has 0 aliphatic heterocycles. The van der Waals surface area contributed by atoms with Crippen LogP contribution in [0.15, 0.2) is 36.4 Å². The average Bonchev–Trinajstić information content (AvgIpc) is 2.50. The lowest BCUT2D eigenvalue weighted by Crippen LogP contribution is -2.07. The van der Waals surface area contributed by atoms with Crippen molar-refractivity contribution in [3.63, 3.8) is 0 Å². The molecule has 5 heteroatoms. The normalized spacial score (nSPS) is 10.3. The molecule has 0 aliphatic carbocycles. The Balaban J connectivity index is 2.35. The van der Waals surface area contributed by atoms with Crippen molar-refractivity contribution < 1.29 is 14.2 Å². The molecule has 112 valence electrons. The summed E-state index contributed by atoms with van der Waals surface area (Å²) in [7, 11) is 5.07. The maximum Gasteiger partial charge on any atom is 0.134 e. The van der Waals surface area contributed by atoms with Crippen molar-refractivity contribution in [2.45, 2.75) is 6.54 Å². The van der Waals surface area contributed by atoms with E-state index < -0.39 is 0 Å². The quantitative estimate of drug-likeness (QED) is 0.879. The molecule has 0 radical (unpaired) electrons. The molecule has 0 spiro atoms. The molecule has 0 atom stereocenters. The van der Waals surface area contributed by atoms with Crippen LogP contribution in [0.25, 0.3) is 0 Å². The van der Waals surface area contributed by atoms with Crippen LogP contribution >= 0.6 is 11.6 Å². The second-order valence-electron chi connectivity index (χ2n) is 4.40. The summed E-state index contributed by atoms with van der Waals surface area (Å²) >= 11 is 6.22. The van der Waals surface area contributed by atoms with Crippen LogP contribution in [-0.4, -0.2) is 21.3 Å². The minimum atomic E-state index is 0.621. The highest BCUT2D eigenvalue weighted by molar-refractivity contribution is 6.31. The first-order valence-corrected chi connectivity index (χ1v) is 6.88. The Hall–Kier alpha value is -1.91. The first-order chi connectivity index (χ1) is 10.2. The molecule has 0 unspecified atom stereocenters. The molecule has 0 fully saturated rings. The van der Waals surface area contributed by atoms with E-state index in [-0.39, 0.29) is 0 Å². The molecule has 4 nitrogen and oxygen atoms in total. The van der Waals surface area contributed by atoms with Crippen LogP contribution in [0.1, 0.15) is 5.56 Å². The highest BCUT2D eigenvalue weighted by Crippen LogP contribution is 2.34. The van der Waals surface area contributed by atoms with Crippen molar-refractivity contribution in [2.75, 3.05) is 21.3 Å². The Morgan fingerprint density at radius 3 is 2.19 bits per heavy atom. The third kappa shape index (κ3) is 3.80. The highest BCUT2D eigenvalue weighted by Gasteiger charge is 2.10. The highest BCUT2D eigenvalue weighted by atomic mass is 35.5. The number of nitrogens with one attached hydrogen (secondary N) is 1. The second kappa shape index (κ2) is 7.20. The lowest BCUT2D eigenvalue weighted by Gasteiger charge is -2.14. The van der Waals surface area contributed by atoms with Crippen molar-refractivity contribution in [1.29, 1.82) is 0 Å². The molecule has 0 aromatic heterocycles. The molecular weight excluding hydrogens is 290 g/mol. The van der Waals surface area contributed by atoms with Crippen molar-refractivity contribution in [3.05, 3.63) is 47.0 Å². The fraction of sp³-hybridized carbons (Fsp3) is 0.250. The van der Waals surface area contributed by atoms with Crippen molar-refractivity contribution in [3.8, 4) is 23.0 Å². The Labute approximate surface area is 129 Å². The van der Waals surface area contributed by atoms with E-state index in [4.69, 9.17) is 25.8 Å². The number of rotatable bonds is 6. The van der Waals surface area contributed by atoms with Gasteiger partial charge in [-0.05, 0) is 19.2 Å². The zero-order valence-corrected chi connectivity index (χ0v) is 13.0. The maximum absolute atomic E-state index is 6.22. The summed E-state index contributed by atoms with van der Waals surface area (Å²) < 4.78 is 16.4. The second-order valence-corrected chi connectivity index (χ2v) is 4.80. The molecule has 21 heavy (non-hydrogen) atoms. The van der Waals surface area contributed by atoms with Gasteiger partial charge in [-0.1, -0.05) is 17.7 Å². The molecule has 1 N–H and O–H groups in total. The molecule has 0 aliphatic rings. The van der Waals surface area contributed by atoms with E-state index >= 15 is 0 Å². The summed E-state index contributed by atoms with van der Waals surface area (Å²) in [5.41, 5.74) is 0.906. The van der Waals surface area contributed by atoms with Gasteiger partial charge in [-0.15, -0.1) is 0 Å². The first kappa shape index (κ1) is 15.5. The lowest BCUT2D eigenvalue weighted by molar-refractivity contribution is 0.386. The van der Waals surface area contributed by atoms with Gasteiger partial charge in [0, 0.05) is 35.3 Å². The van der Waals surface area contributed by atoms with Gasteiger partial charge < -0.3 is 19.5 Å². The fourth-order valence-corrected chi connectivity index (χ4v) is 2.18. The monoisotopic (exact) mass is 307 g/mol. The van der Waals surface area contributed by atoms with Crippen LogP contribution in [0, 0.1) is 0 Å². The molecule has 0 bridgehead atoms. The van der Waals surface area contributed by atoms with E-state index in [9.17, 15) is 0 Å². The van der Waals surface area contributed by atoms with Gasteiger partial charge in [0.2, 0.25) is 0 Å². The minimum Gasteiger partial charge on any atom is -0.496 e. The van der Waals surface area contributed by atoms with Crippen molar-refractivity contribution >= 4 is 11.6 Å². The summed E-state index contributed by atoms with van der Waals surface area (Å²) in [6, 6.07) is 11.0. The topological polar surface area (TPSA) is 39.7 Å². The van der Waals surface area contributed by atoms with Gasteiger partial charge in [-0.25, -0.2) is 0 Å². The first-order valence-electron chi connectivity index (χ1n) is 6.51. The van der Waals surface area contributed by atoms with Gasteiger partial charge >= 0.3 is 0 Å². The summed E-state index contributed by atoms with van der Waals surface area (Å²) in [5.74, 6) is 2.67. The maximum atomic E-state index is 6.22. The Bertz CT molecular complexity index is 594. The Morgan fingerprint density at radius 2 is 1.62 bits per heavy atom. The van der Waals surface area contributed by atoms with Crippen LogP contribution < -0.4 is 19.5 Å². The van der Waals surface area contributed by atoms with E-state index in [1.807, 2.05) is 25.2 Å². The van der Waals surface area contributed by atoms with Crippen LogP contribution in [0.2, 0.25) is 5.02 Å². The van der Waals surface area contributed by atoms with E-state index in [0.29, 0.717) is 34.6 Å². The third-order valence-corrected chi connectivity index (χ3v) is 3.34. The standard InChI is InChI=1S/C16H18ClNO3/c1-18-10-14-15(17)5-4-6-16(14)21-13-8-11(19-2)7-12(9-13)20-3/h4-9,18H,10H2,1-3H3. The lowest BCUT2D eigenvalue weighted by atomic mass is 10.2. The SMILES string of the molecule is CNCc1c(Cl)cccc1Oc1cc(OC)cc(OC)c1. The van der Waals surface area contributed by atoms with Crippen molar-refractivity contribution in [2.24, 2.45) is 0 Å². The van der Waals surface area contributed by atoms with Crippen molar-refractivity contribution in [1.82, 2.24) is 5.32 Å². The van der Waals surface area contributed by atoms with Gasteiger partial charge in [0.25, 0.3) is 0 Å². The molecule has 0 heterocycles. The van der Waals surface area contributed by atoms with E-state index in [1.165, 1.54) is 0 Å². The smallest absolute Gasteiger partial charge is 0.134 e. The molecule has 0 saturated heterocycles.